The van der Waals surface area contributed by atoms with Gasteiger partial charge in [0.15, 0.2) is 0 Å². The van der Waals surface area contributed by atoms with Crippen LogP contribution in [0.4, 0.5) is 0 Å². The van der Waals surface area contributed by atoms with Gasteiger partial charge >= 0.3 is 5.97 Å². The van der Waals surface area contributed by atoms with Crippen LogP contribution < -0.4 is 0 Å². The number of likely N-dealkylation sites (N-methyl/N-ethyl adjacent to an activating group) is 1. The average Bonchev–Trinajstić information content (AvgIpc) is 2.66. The van der Waals surface area contributed by atoms with Crippen LogP contribution in [-0.2, 0) is 4.79 Å². The van der Waals surface area contributed by atoms with Crippen molar-refractivity contribution in [3.05, 3.63) is 0 Å². The number of rotatable bonds is 2. The fourth-order valence-electron chi connectivity index (χ4n) is 3.51. The largest absolute Gasteiger partial charge is 0.481 e. The molecule has 2 aliphatic rings. The van der Waals surface area contributed by atoms with Gasteiger partial charge in [-0.3, -0.25) is 9.69 Å². The summed E-state index contributed by atoms with van der Waals surface area (Å²) < 4.78 is 0. The summed E-state index contributed by atoms with van der Waals surface area (Å²) in [6, 6.07) is 0.751. The first-order chi connectivity index (χ1) is 8.09. The number of carbonyl (C=O) groups is 1. The van der Waals surface area contributed by atoms with E-state index in [0.29, 0.717) is 6.04 Å². The molecule has 0 bridgehead atoms. The fraction of sp³-hybridized carbons (Fsp3) is 0.923. The van der Waals surface area contributed by atoms with E-state index in [-0.39, 0.29) is 12.0 Å². The quantitative estimate of drug-likeness (QED) is 0.789. The average molecular weight is 240 g/mol. The Labute approximate surface area is 104 Å². The number of hydrogen-bond acceptors (Lipinski definition) is 3. The molecule has 2 rings (SSSR count). The van der Waals surface area contributed by atoms with Crippen molar-refractivity contribution in [3.8, 4) is 0 Å². The lowest BCUT2D eigenvalue weighted by molar-refractivity contribution is -0.143. The summed E-state index contributed by atoms with van der Waals surface area (Å²) in [5, 5.41) is 9.29. The van der Waals surface area contributed by atoms with Crippen molar-refractivity contribution >= 4 is 5.97 Å². The SMILES string of the molecule is CC1CN(C)CCCN1C1CCCC1C(=O)O. The highest BCUT2D eigenvalue weighted by Crippen LogP contribution is 2.32. The monoisotopic (exact) mass is 240 g/mol. The first-order valence-corrected chi connectivity index (χ1v) is 6.76. The third-order valence-corrected chi connectivity index (χ3v) is 4.32. The Morgan fingerprint density at radius 1 is 1.24 bits per heavy atom. The summed E-state index contributed by atoms with van der Waals surface area (Å²) in [4.78, 5) is 16.1. The Balaban J connectivity index is 2.06. The van der Waals surface area contributed by atoms with Crippen LogP contribution in [0, 0.1) is 5.92 Å². The Bertz CT molecular complexity index is 283. The zero-order valence-electron chi connectivity index (χ0n) is 10.9. The summed E-state index contributed by atoms with van der Waals surface area (Å²) in [5.74, 6) is -0.738. The van der Waals surface area contributed by atoms with Crippen molar-refractivity contribution in [2.75, 3.05) is 26.7 Å². The van der Waals surface area contributed by atoms with E-state index in [1.54, 1.807) is 0 Å². The minimum absolute atomic E-state index is 0.138. The second-order valence-electron chi connectivity index (χ2n) is 5.65. The molecular weight excluding hydrogens is 216 g/mol. The second kappa shape index (κ2) is 5.36. The van der Waals surface area contributed by atoms with Gasteiger partial charge < -0.3 is 10.0 Å². The van der Waals surface area contributed by atoms with Crippen LogP contribution in [-0.4, -0.2) is 59.6 Å². The van der Waals surface area contributed by atoms with Gasteiger partial charge in [0, 0.05) is 25.2 Å². The molecule has 0 aromatic carbocycles. The van der Waals surface area contributed by atoms with Gasteiger partial charge in [0.1, 0.15) is 0 Å². The molecule has 1 aliphatic carbocycles. The highest BCUT2D eigenvalue weighted by molar-refractivity contribution is 5.71. The topological polar surface area (TPSA) is 43.8 Å². The van der Waals surface area contributed by atoms with Crippen molar-refractivity contribution in [1.82, 2.24) is 9.80 Å². The smallest absolute Gasteiger partial charge is 0.308 e. The molecule has 2 fully saturated rings. The van der Waals surface area contributed by atoms with Crippen LogP contribution in [0.15, 0.2) is 0 Å². The zero-order chi connectivity index (χ0) is 12.4. The van der Waals surface area contributed by atoms with Gasteiger partial charge in [-0.2, -0.15) is 0 Å². The molecule has 1 saturated heterocycles. The molecule has 98 valence electrons. The molecule has 0 aromatic rings. The molecule has 17 heavy (non-hydrogen) atoms. The van der Waals surface area contributed by atoms with Crippen molar-refractivity contribution in [1.29, 1.82) is 0 Å². The number of nitrogens with zero attached hydrogens (tertiary/aromatic N) is 2. The van der Waals surface area contributed by atoms with Crippen LogP contribution >= 0.6 is 0 Å². The molecule has 3 unspecified atom stereocenters. The summed E-state index contributed by atoms with van der Waals surface area (Å²) in [7, 11) is 2.16. The molecule has 0 aromatic heterocycles. The molecule has 4 heteroatoms. The standard InChI is InChI=1S/C13H24N2O2/c1-10-9-14(2)7-4-8-15(10)12-6-3-5-11(12)13(16)17/h10-12H,3-9H2,1-2H3,(H,16,17). The van der Waals surface area contributed by atoms with Crippen LogP contribution in [0.5, 0.6) is 0 Å². The second-order valence-corrected chi connectivity index (χ2v) is 5.65. The number of aliphatic carboxylic acids is 1. The molecule has 1 aliphatic heterocycles. The van der Waals surface area contributed by atoms with E-state index in [4.69, 9.17) is 0 Å². The van der Waals surface area contributed by atoms with Crippen LogP contribution in [0.2, 0.25) is 0 Å². The minimum atomic E-state index is -0.600. The van der Waals surface area contributed by atoms with Gasteiger partial charge in [-0.05, 0) is 39.8 Å². The maximum Gasteiger partial charge on any atom is 0.308 e. The summed E-state index contributed by atoms with van der Waals surface area (Å²) in [6.07, 6.45) is 4.15. The maximum absolute atomic E-state index is 11.3. The van der Waals surface area contributed by atoms with Crippen molar-refractivity contribution in [3.63, 3.8) is 0 Å². The van der Waals surface area contributed by atoms with Gasteiger partial charge in [-0.1, -0.05) is 6.42 Å². The van der Waals surface area contributed by atoms with Gasteiger partial charge in [0.2, 0.25) is 0 Å². The Hall–Kier alpha value is -0.610. The van der Waals surface area contributed by atoms with E-state index < -0.39 is 5.97 Å². The van der Waals surface area contributed by atoms with Gasteiger partial charge in [0.05, 0.1) is 5.92 Å². The maximum atomic E-state index is 11.3. The number of carboxylic acids is 1. The third-order valence-electron chi connectivity index (χ3n) is 4.32. The minimum Gasteiger partial charge on any atom is -0.481 e. The molecule has 0 radical (unpaired) electrons. The Morgan fingerprint density at radius 3 is 2.71 bits per heavy atom. The van der Waals surface area contributed by atoms with E-state index in [1.165, 1.54) is 0 Å². The highest BCUT2D eigenvalue weighted by Gasteiger charge is 2.38. The highest BCUT2D eigenvalue weighted by atomic mass is 16.4. The Kier molecular flexibility index (Phi) is 4.05. The lowest BCUT2D eigenvalue weighted by Crippen LogP contribution is -2.47. The van der Waals surface area contributed by atoms with E-state index in [1.807, 2.05) is 0 Å². The predicted octanol–water partition coefficient (Wildman–Crippen LogP) is 1.27. The van der Waals surface area contributed by atoms with E-state index in [2.05, 4.69) is 23.8 Å². The molecular formula is C13H24N2O2. The van der Waals surface area contributed by atoms with Crippen LogP contribution in [0.1, 0.15) is 32.6 Å². The number of hydrogen-bond donors (Lipinski definition) is 1. The van der Waals surface area contributed by atoms with Gasteiger partial charge in [-0.25, -0.2) is 0 Å². The lowest BCUT2D eigenvalue weighted by atomic mass is 10.0. The molecule has 1 N–H and O–H groups in total. The lowest BCUT2D eigenvalue weighted by Gasteiger charge is -2.35. The zero-order valence-corrected chi connectivity index (χ0v) is 10.9. The van der Waals surface area contributed by atoms with E-state index in [0.717, 1.165) is 45.3 Å². The van der Waals surface area contributed by atoms with Gasteiger partial charge in [0.25, 0.3) is 0 Å². The van der Waals surface area contributed by atoms with Gasteiger partial charge in [-0.15, -0.1) is 0 Å². The van der Waals surface area contributed by atoms with Crippen LogP contribution in [0.3, 0.4) is 0 Å². The predicted molar refractivity (Wildman–Crippen MR) is 67.0 cm³/mol. The van der Waals surface area contributed by atoms with E-state index >= 15 is 0 Å². The van der Waals surface area contributed by atoms with Crippen molar-refractivity contribution in [2.24, 2.45) is 5.92 Å². The first-order valence-electron chi connectivity index (χ1n) is 6.76. The number of carboxylic acid groups (broad SMARTS) is 1. The molecule has 4 nitrogen and oxygen atoms in total. The normalized spacial score (nSPS) is 36.9. The molecule has 3 atom stereocenters. The summed E-state index contributed by atoms with van der Waals surface area (Å²) >= 11 is 0. The molecule has 0 amide bonds. The molecule has 1 saturated carbocycles. The summed E-state index contributed by atoms with van der Waals surface area (Å²) in [5.41, 5.74) is 0. The van der Waals surface area contributed by atoms with Crippen molar-refractivity contribution < 1.29 is 9.90 Å². The fourth-order valence-corrected chi connectivity index (χ4v) is 3.51. The van der Waals surface area contributed by atoms with E-state index in [9.17, 15) is 9.90 Å². The first kappa shape index (κ1) is 12.8. The Morgan fingerprint density at radius 2 is 2.00 bits per heavy atom. The van der Waals surface area contributed by atoms with Crippen LogP contribution in [0.25, 0.3) is 0 Å². The summed E-state index contributed by atoms with van der Waals surface area (Å²) in [6.45, 7) is 5.48. The molecule has 0 spiro atoms. The third kappa shape index (κ3) is 2.80. The van der Waals surface area contributed by atoms with Crippen molar-refractivity contribution in [2.45, 2.75) is 44.7 Å². The molecule has 1 heterocycles.